The molecule has 2 heterocycles. The second-order valence-corrected chi connectivity index (χ2v) is 7.63. The van der Waals surface area contributed by atoms with E-state index in [1.165, 1.54) is 4.90 Å². The summed E-state index contributed by atoms with van der Waals surface area (Å²) in [5, 5.41) is 2.69. The molecule has 0 aromatic rings. The molecule has 7 heteroatoms. The topological polar surface area (TPSA) is 83.6 Å². The van der Waals surface area contributed by atoms with Crippen LogP contribution in [0.1, 0.15) is 26.2 Å². The average molecular weight is 288 g/mol. The van der Waals surface area contributed by atoms with Crippen LogP contribution in [0, 0.1) is 5.92 Å². The van der Waals surface area contributed by atoms with Crippen LogP contribution in [-0.2, 0) is 19.4 Å². The molecule has 2 fully saturated rings. The van der Waals surface area contributed by atoms with Crippen molar-refractivity contribution >= 4 is 21.7 Å². The zero-order valence-electron chi connectivity index (χ0n) is 11.1. The van der Waals surface area contributed by atoms with Crippen LogP contribution >= 0.6 is 0 Å². The van der Waals surface area contributed by atoms with Crippen molar-refractivity contribution < 1.29 is 18.0 Å². The number of nitrogens with one attached hydrogen (secondary N) is 1. The summed E-state index contributed by atoms with van der Waals surface area (Å²) in [6, 6.07) is -0.440. The van der Waals surface area contributed by atoms with E-state index in [0.717, 1.165) is 6.42 Å². The number of hydrogen-bond acceptors (Lipinski definition) is 4. The van der Waals surface area contributed by atoms with Gasteiger partial charge < -0.3 is 10.2 Å². The highest BCUT2D eigenvalue weighted by molar-refractivity contribution is 7.91. The van der Waals surface area contributed by atoms with E-state index in [1.807, 2.05) is 6.92 Å². The highest BCUT2D eigenvalue weighted by Crippen LogP contribution is 2.21. The Labute approximate surface area is 113 Å². The van der Waals surface area contributed by atoms with Gasteiger partial charge in [0.05, 0.1) is 18.1 Å². The molecular formula is C12H20N2O4S. The maximum absolute atomic E-state index is 12.2. The van der Waals surface area contributed by atoms with Gasteiger partial charge in [0, 0.05) is 6.54 Å². The van der Waals surface area contributed by atoms with Gasteiger partial charge in [-0.1, -0.05) is 13.3 Å². The lowest BCUT2D eigenvalue weighted by Gasteiger charge is -2.33. The van der Waals surface area contributed by atoms with E-state index in [-0.39, 0.29) is 35.8 Å². The Kier molecular flexibility index (Phi) is 4.13. The molecule has 0 aromatic carbocycles. The molecule has 2 unspecified atom stereocenters. The van der Waals surface area contributed by atoms with Gasteiger partial charge in [0.1, 0.15) is 6.04 Å². The fraction of sp³-hybridized carbons (Fsp3) is 0.833. The maximum atomic E-state index is 12.2. The van der Waals surface area contributed by atoms with Crippen LogP contribution in [0.25, 0.3) is 0 Å². The van der Waals surface area contributed by atoms with Gasteiger partial charge >= 0.3 is 0 Å². The quantitative estimate of drug-likeness (QED) is 0.759. The standard InChI is InChI=1S/C12H20N2O4S/c1-2-3-10-12(16)14(7-11(15)13-10)6-9-4-5-19(17,18)8-9/h9-10H,2-8H2,1H3,(H,13,15). The third-order valence-electron chi connectivity index (χ3n) is 3.66. The monoisotopic (exact) mass is 288 g/mol. The summed E-state index contributed by atoms with van der Waals surface area (Å²) >= 11 is 0. The molecule has 0 aromatic heterocycles. The Morgan fingerprint density at radius 3 is 2.68 bits per heavy atom. The summed E-state index contributed by atoms with van der Waals surface area (Å²) in [5.74, 6) is 0.0768. The van der Waals surface area contributed by atoms with Crippen molar-refractivity contribution in [1.29, 1.82) is 0 Å². The minimum Gasteiger partial charge on any atom is -0.343 e. The molecule has 2 amide bonds. The normalized spacial score (nSPS) is 30.5. The van der Waals surface area contributed by atoms with Crippen LogP contribution in [0.5, 0.6) is 0 Å². The summed E-state index contributed by atoms with van der Waals surface area (Å²) < 4.78 is 22.8. The molecule has 6 nitrogen and oxygen atoms in total. The number of nitrogens with zero attached hydrogens (tertiary/aromatic N) is 1. The van der Waals surface area contributed by atoms with Crippen molar-refractivity contribution in [2.24, 2.45) is 5.92 Å². The first kappa shape index (κ1) is 14.3. The maximum Gasteiger partial charge on any atom is 0.245 e. The minimum atomic E-state index is -2.94. The first-order chi connectivity index (χ1) is 8.91. The molecule has 2 saturated heterocycles. The Bertz CT molecular complexity index is 474. The van der Waals surface area contributed by atoms with Gasteiger partial charge in [-0.2, -0.15) is 0 Å². The smallest absolute Gasteiger partial charge is 0.245 e. The van der Waals surface area contributed by atoms with Crippen molar-refractivity contribution in [1.82, 2.24) is 10.2 Å². The number of carbonyl (C=O) groups is 2. The zero-order chi connectivity index (χ0) is 14.0. The molecule has 2 rings (SSSR count). The second kappa shape index (κ2) is 5.48. The molecular weight excluding hydrogens is 268 g/mol. The van der Waals surface area contributed by atoms with E-state index in [2.05, 4.69) is 5.32 Å². The lowest BCUT2D eigenvalue weighted by atomic mass is 10.0. The largest absolute Gasteiger partial charge is 0.343 e. The van der Waals surface area contributed by atoms with Crippen LogP contribution in [0.3, 0.4) is 0 Å². The minimum absolute atomic E-state index is 0.0258. The SMILES string of the molecule is CCCC1NC(=O)CN(CC2CCS(=O)(=O)C2)C1=O. The Balaban J connectivity index is 1.99. The van der Waals surface area contributed by atoms with Gasteiger partial charge in [-0.3, -0.25) is 9.59 Å². The third-order valence-corrected chi connectivity index (χ3v) is 5.50. The summed E-state index contributed by atoms with van der Waals surface area (Å²) in [6.07, 6.45) is 2.04. The predicted octanol–water partition coefficient (Wildman–Crippen LogP) is -0.452. The highest BCUT2D eigenvalue weighted by atomic mass is 32.2. The van der Waals surface area contributed by atoms with Crippen LogP contribution in [0.4, 0.5) is 0 Å². The molecule has 2 aliphatic heterocycles. The number of hydrogen-bond donors (Lipinski definition) is 1. The summed E-state index contributed by atoms with van der Waals surface area (Å²) in [7, 11) is -2.94. The van der Waals surface area contributed by atoms with Crippen molar-refractivity contribution in [3.8, 4) is 0 Å². The van der Waals surface area contributed by atoms with Gasteiger partial charge in [0.2, 0.25) is 11.8 Å². The van der Waals surface area contributed by atoms with Gasteiger partial charge in [-0.15, -0.1) is 0 Å². The lowest BCUT2D eigenvalue weighted by molar-refractivity contribution is -0.145. The molecule has 0 spiro atoms. The van der Waals surface area contributed by atoms with Crippen molar-refractivity contribution in [2.75, 3.05) is 24.6 Å². The van der Waals surface area contributed by atoms with E-state index >= 15 is 0 Å². The van der Waals surface area contributed by atoms with E-state index < -0.39 is 15.9 Å². The van der Waals surface area contributed by atoms with Crippen LogP contribution in [0.2, 0.25) is 0 Å². The Hall–Kier alpha value is -1.11. The second-order valence-electron chi connectivity index (χ2n) is 5.40. The number of piperazine rings is 1. The molecule has 1 N–H and O–H groups in total. The van der Waals surface area contributed by atoms with Crippen LogP contribution in [0.15, 0.2) is 0 Å². The third kappa shape index (κ3) is 3.46. The van der Waals surface area contributed by atoms with Gasteiger partial charge in [-0.25, -0.2) is 8.42 Å². The van der Waals surface area contributed by atoms with Crippen molar-refractivity contribution in [2.45, 2.75) is 32.2 Å². The van der Waals surface area contributed by atoms with E-state index in [4.69, 9.17) is 0 Å². The highest BCUT2D eigenvalue weighted by Gasteiger charge is 2.36. The molecule has 0 radical (unpaired) electrons. The molecule has 0 aliphatic carbocycles. The molecule has 108 valence electrons. The Morgan fingerprint density at radius 2 is 2.11 bits per heavy atom. The lowest BCUT2D eigenvalue weighted by Crippen LogP contribution is -2.58. The zero-order valence-corrected chi connectivity index (χ0v) is 11.9. The molecule has 0 bridgehead atoms. The number of sulfone groups is 1. The van der Waals surface area contributed by atoms with Gasteiger partial charge in [0.15, 0.2) is 9.84 Å². The molecule has 19 heavy (non-hydrogen) atoms. The number of carbonyl (C=O) groups excluding carboxylic acids is 2. The van der Waals surface area contributed by atoms with Crippen molar-refractivity contribution in [3.63, 3.8) is 0 Å². The average Bonchev–Trinajstić information content (AvgIpc) is 2.65. The van der Waals surface area contributed by atoms with Crippen LogP contribution in [-0.4, -0.2) is 55.8 Å². The number of amides is 2. The molecule has 2 atom stereocenters. The number of rotatable bonds is 4. The molecule has 0 saturated carbocycles. The summed E-state index contributed by atoms with van der Waals surface area (Å²) in [4.78, 5) is 25.3. The van der Waals surface area contributed by atoms with E-state index in [1.54, 1.807) is 0 Å². The first-order valence-electron chi connectivity index (χ1n) is 6.70. The van der Waals surface area contributed by atoms with E-state index in [9.17, 15) is 18.0 Å². The molecule has 2 aliphatic rings. The fourth-order valence-corrected chi connectivity index (χ4v) is 4.59. The first-order valence-corrected chi connectivity index (χ1v) is 8.52. The van der Waals surface area contributed by atoms with E-state index in [0.29, 0.717) is 19.4 Å². The van der Waals surface area contributed by atoms with Crippen molar-refractivity contribution in [3.05, 3.63) is 0 Å². The Morgan fingerprint density at radius 1 is 1.37 bits per heavy atom. The van der Waals surface area contributed by atoms with Gasteiger partial charge in [0.25, 0.3) is 0 Å². The summed E-state index contributed by atoms with van der Waals surface area (Å²) in [5.41, 5.74) is 0. The predicted molar refractivity (Wildman–Crippen MR) is 70.2 cm³/mol. The van der Waals surface area contributed by atoms with Gasteiger partial charge in [-0.05, 0) is 18.8 Å². The van der Waals surface area contributed by atoms with Crippen LogP contribution < -0.4 is 5.32 Å². The summed E-state index contributed by atoms with van der Waals surface area (Å²) in [6.45, 7) is 2.39. The fourth-order valence-electron chi connectivity index (χ4n) is 2.74.